The van der Waals surface area contributed by atoms with E-state index in [-0.39, 0.29) is 4.83 Å². The van der Waals surface area contributed by atoms with Gasteiger partial charge in [0.1, 0.15) is 6.17 Å². The van der Waals surface area contributed by atoms with Crippen molar-refractivity contribution >= 4 is 31.9 Å². The van der Waals surface area contributed by atoms with Crippen LogP contribution in [0.3, 0.4) is 0 Å². The van der Waals surface area contributed by atoms with E-state index in [1.54, 1.807) is 0 Å². The molecule has 0 saturated carbocycles. The minimum absolute atomic E-state index is 0.140. The van der Waals surface area contributed by atoms with Crippen molar-refractivity contribution in [3.63, 3.8) is 0 Å². The summed E-state index contributed by atoms with van der Waals surface area (Å²) in [6.45, 7) is 8.29. The summed E-state index contributed by atoms with van der Waals surface area (Å²) in [4.78, 5) is 2.31. The van der Waals surface area contributed by atoms with E-state index in [0.29, 0.717) is 12.5 Å². The molecule has 1 aliphatic carbocycles. The Morgan fingerprint density at radius 1 is 1.53 bits per heavy atom. The van der Waals surface area contributed by atoms with Crippen molar-refractivity contribution < 1.29 is 4.39 Å². The SMILES string of the molecule is C/C=C(/Br)CN(CC)C1CCC[C@@H](F)C(Br)C=C1C. The first kappa shape index (κ1) is 17.4. The first-order chi connectivity index (χ1) is 8.99. The molecule has 0 fully saturated rings. The third-order valence-corrected chi connectivity index (χ3v) is 5.31. The molecule has 0 aliphatic heterocycles. The maximum atomic E-state index is 13.7. The Hall–Kier alpha value is 0.330. The van der Waals surface area contributed by atoms with E-state index in [1.165, 1.54) is 10.1 Å². The summed E-state index contributed by atoms with van der Waals surface area (Å²) in [5.74, 6) is 0. The number of nitrogens with zero attached hydrogens (tertiary/aromatic N) is 1. The van der Waals surface area contributed by atoms with Gasteiger partial charge in [-0.3, -0.25) is 4.90 Å². The minimum Gasteiger partial charge on any atom is -0.292 e. The van der Waals surface area contributed by atoms with Gasteiger partial charge in [0.15, 0.2) is 0 Å². The Balaban J connectivity index is 2.85. The highest BCUT2D eigenvalue weighted by atomic mass is 79.9. The maximum absolute atomic E-state index is 13.7. The Morgan fingerprint density at radius 3 is 2.79 bits per heavy atom. The van der Waals surface area contributed by atoms with Gasteiger partial charge in [-0.05, 0) is 39.7 Å². The smallest absolute Gasteiger partial charge is 0.116 e. The van der Waals surface area contributed by atoms with Crippen LogP contribution in [0.5, 0.6) is 0 Å². The molecule has 0 aromatic rings. The number of alkyl halides is 2. The zero-order valence-corrected chi connectivity index (χ0v) is 15.2. The van der Waals surface area contributed by atoms with Crippen molar-refractivity contribution in [2.45, 2.75) is 57.1 Å². The fraction of sp³-hybridized carbons (Fsp3) is 0.733. The molecule has 1 rings (SSSR count). The number of hydrogen-bond acceptors (Lipinski definition) is 1. The van der Waals surface area contributed by atoms with E-state index in [0.717, 1.165) is 25.9 Å². The third kappa shape index (κ3) is 5.31. The Morgan fingerprint density at radius 2 is 2.21 bits per heavy atom. The highest BCUT2D eigenvalue weighted by Crippen LogP contribution is 2.27. The normalized spacial score (nSPS) is 29.9. The summed E-state index contributed by atoms with van der Waals surface area (Å²) < 4.78 is 15.0. The Labute approximate surface area is 133 Å². The van der Waals surface area contributed by atoms with E-state index in [2.05, 4.69) is 62.8 Å². The number of likely N-dealkylation sites (N-methyl/N-ethyl adjacent to an activating group) is 1. The Bertz CT molecular complexity index is 341. The van der Waals surface area contributed by atoms with Crippen molar-refractivity contribution in [3.05, 3.63) is 22.2 Å². The van der Waals surface area contributed by atoms with E-state index in [4.69, 9.17) is 0 Å². The first-order valence-electron chi connectivity index (χ1n) is 7.00. The fourth-order valence-electron chi connectivity index (χ4n) is 2.56. The summed E-state index contributed by atoms with van der Waals surface area (Å²) in [5.41, 5.74) is 1.28. The zero-order chi connectivity index (χ0) is 14.4. The average Bonchev–Trinajstić information content (AvgIpc) is 2.39. The monoisotopic (exact) mass is 395 g/mol. The largest absolute Gasteiger partial charge is 0.292 e. The number of rotatable bonds is 4. The second kappa shape index (κ2) is 8.58. The molecule has 0 saturated heterocycles. The molecule has 3 atom stereocenters. The van der Waals surface area contributed by atoms with Crippen molar-refractivity contribution in [2.24, 2.45) is 0 Å². The predicted molar refractivity (Wildman–Crippen MR) is 88.9 cm³/mol. The lowest BCUT2D eigenvalue weighted by Crippen LogP contribution is -2.38. The van der Waals surface area contributed by atoms with Gasteiger partial charge in [0.05, 0.1) is 4.83 Å². The second-order valence-corrected chi connectivity index (χ2v) is 7.19. The molecular formula is C15H24Br2FN. The molecule has 110 valence electrons. The lowest BCUT2D eigenvalue weighted by Gasteiger charge is -2.33. The topological polar surface area (TPSA) is 3.24 Å². The molecule has 0 radical (unpaired) electrons. The van der Waals surface area contributed by atoms with Gasteiger partial charge in [0.2, 0.25) is 0 Å². The quantitative estimate of drug-likeness (QED) is 0.465. The van der Waals surface area contributed by atoms with Gasteiger partial charge in [-0.2, -0.15) is 0 Å². The number of hydrogen-bond donors (Lipinski definition) is 0. The summed E-state index contributed by atoms with van der Waals surface area (Å²) in [6, 6.07) is 0.421. The van der Waals surface area contributed by atoms with E-state index >= 15 is 0 Å². The van der Waals surface area contributed by atoms with Crippen molar-refractivity contribution in [1.29, 1.82) is 0 Å². The molecular weight excluding hydrogens is 373 g/mol. The van der Waals surface area contributed by atoms with Crippen LogP contribution in [-0.4, -0.2) is 35.0 Å². The molecule has 0 N–H and O–H groups in total. The second-order valence-electron chi connectivity index (χ2n) is 5.12. The van der Waals surface area contributed by atoms with Gasteiger partial charge >= 0.3 is 0 Å². The van der Waals surface area contributed by atoms with Crippen LogP contribution in [0.15, 0.2) is 22.2 Å². The average molecular weight is 397 g/mol. The van der Waals surface area contributed by atoms with Crippen LogP contribution in [-0.2, 0) is 0 Å². The molecule has 4 heteroatoms. The van der Waals surface area contributed by atoms with Crippen LogP contribution in [0.4, 0.5) is 4.39 Å². The molecule has 0 bridgehead atoms. The predicted octanol–water partition coefficient (Wildman–Crippen LogP) is 5.21. The van der Waals surface area contributed by atoms with Crippen molar-refractivity contribution in [3.8, 4) is 0 Å². The van der Waals surface area contributed by atoms with Gasteiger partial charge in [-0.1, -0.05) is 56.5 Å². The minimum atomic E-state index is -0.756. The summed E-state index contributed by atoms with van der Waals surface area (Å²) >= 11 is 7.04. The highest BCUT2D eigenvalue weighted by Gasteiger charge is 2.25. The van der Waals surface area contributed by atoms with Crippen LogP contribution in [0.25, 0.3) is 0 Å². The van der Waals surface area contributed by atoms with Crippen LogP contribution < -0.4 is 0 Å². The first-order valence-corrected chi connectivity index (χ1v) is 8.71. The summed E-state index contributed by atoms with van der Waals surface area (Å²) in [6.07, 6.45) is 6.03. The maximum Gasteiger partial charge on any atom is 0.116 e. The number of allylic oxidation sites excluding steroid dienone is 2. The Kier molecular flexibility index (Phi) is 7.85. The van der Waals surface area contributed by atoms with Crippen molar-refractivity contribution in [1.82, 2.24) is 4.90 Å². The lowest BCUT2D eigenvalue weighted by atomic mass is 9.94. The molecule has 0 spiro atoms. The van der Waals surface area contributed by atoms with E-state index in [1.807, 2.05) is 6.92 Å². The molecule has 0 amide bonds. The van der Waals surface area contributed by atoms with Crippen LogP contribution in [0, 0.1) is 0 Å². The fourth-order valence-corrected chi connectivity index (χ4v) is 3.56. The molecule has 1 aliphatic rings. The third-order valence-electron chi connectivity index (χ3n) is 3.77. The molecule has 1 nitrogen and oxygen atoms in total. The van der Waals surface area contributed by atoms with Gasteiger partial charge in [0, 0.05) is 17.1 Å². The summed E-state index contributed by atoms with van der Waals surface area (Å²) in [5, 5.41) is 0. The molecule has 0 aromatic heterocycles. The standard InChI is InChI=1S/C15H24Br2FN/c1-4-12(16)10-19(5-2)15-8-6-7-14(18)13(17)9-11(15)3/h4,9,13-15H,5-8,10H2,1-3H3/b11-9?,12-4+/t13?,14-,15?/m1/s1. The van der Waals surface area contributed by atoms with E-state index < -0.39 is 6.17 Å². The molecule has 2 unspecified atom stereocenters. The van der Waals surface area contributed by atoms with Gasteiger partial charge in [-0.15, -0.1) is 0 Å². The zero-order valence-electron chi connectivity index (χ0n) is 12.0. The van der Waals surface area contributed by atoms with Crippen LogP contribution in [0.1, 0.15) is 40.0 Å². The van der Waals surface area contributed by atoms with Gasteiger partial charge in [-0.25, -0.2) is 4.39 Å². The van der Waals surface area contributed by atoms with Crippen molar-refractivity contribution in [2.75, 3.05) is 13.1 Å². The van der Waals surface area contributed by atoms with E-state index in [9.17, 15) is 4.39 Å². The van der Waals surface area contributed by atoms with Crippen LogP contribution >= 0.6 is 31.9 Å². The van der Waals surface area contributed by atoms with Gasteiger partial charge < -0.3 is 0 Å². The number of halogens is 3. The molecule has 0 aromatic carbocycles. The highest BCUT2D eigenvalue weighted by molar-refractivity contribution is 9.11. The molecule has 19 heavy (non-hydrogen) atoms. The van der Waals surface area contributed by atoms with Gasteiger partial charge in [0.25, 0.3) is 0 Å². The lowest BCUT2D eigenvalue weighted by molar-refractivity contribution is 0.224. The van der Waals surface area contributed by atoms with Crippen LogP contribution in [0.2, 0.25) is 0 Å². The summed E-state index contributed by atoms with van der Waals surface area (Å²) in [7, 11) is 0. The molecule has 0 heterocycles.